The number of carbonyl (C=O) groups is 1. The Bertz CT molecular complexity index is 711. The van der Waals surface area contributed by atoms with Crippen LogP contribution in [0.1, 0.15) is 56.9 Å². The zero-order valence-electron chi connectivity index (χ0n) is 18.2. The van der Waals surface area contributed by atoms with Crippen LogP contribution in [0.4, 0.5) is 5.69 Å². The van der Waals surface area contributed by atoms with Gasteiger partial charge in [0.25, 0.3) is 0 Å². The predicted molar refractivity (Wildman–Crippen MR) is 123 cm³/mol. The Balaban J connectivity index is 1.31. The molecule has 3 rings (SSSR count). The number of carbonyl (C=O) groups excluding carboxylic acids is 1. The second kappa shape index (κ2) is 11.6. The van der Waals surface area contributed by atoms with Gasteiger partial charge in [-0.3, -0.25) is 9.69 Å². The third-order valence-electron chi connectivity index (χ3n) is 6.52. The number of hydrogen-bond acceptors (Lipinski definition) is 4. The molecule has 1 saturated carbocycles. The van der Waals surface area contributed by atoms with Crippen molar-refractivity contribution in [3.05, 3.63) is 28.8 Å². The molecule has 1 heterocycles. The van der Waals surface area contributed by atoms with E-state index in [4.69, 9.17) is 16.9 Å². The lowest BCUT2D eigenvalue weighted by Crippen LogP contribution is -2.47. The molecule has 1 aromatic rings. The Kier molecular flexibility index (Phi) is 8.84. The molecule has 30 heavy (non-hydrogen) atoms. The fourth-order valence-electron chi connectivity index (χ4n) is 4.72. The number of amides is 1. The van der Waals surface area contributed by atoms with Gasteiger partial charge < -0.3 is 10.2 Å². The van der Waals surface area contributed by atoms with Gasteiger partial charge in [-0.25, -0.2) is 0 Å². The highest BCUT2D eigenvalue weighted by Gasteiger charge is 2.24. The Morgan fingerprint density at radius 2 is 1.90 bits per heavy atom. The summed E-state index contributed by atoms with van der Waals surface area (Å²) in [6.45, 7) is 7.62. The lowest BCUT2D eigenvalue weighted by atomic mass is 9.84. The average Bonchev–Trinajstić information content (AvgIpc) is 2.73. The number of halogens is 1. The number of piperazine rings is 1. The molecule has 1 saturated heterocycles. The van der Waals surface area contributed by atoms with Crippen LogP contribution in [0.2, 0.25) is 5.02 Å². The largest absolute Gasteiger partial charge is 0.369 e. The number of nitrogens with zero attached hydrogens (tertiary/aromatic N) is 3. The van der Waals surface area contributed by atoms with Crippen LogP contribution >= 0.6 is 11.6 Å². The van der Waals surface area contributed by atoms with E-state index in [9.17, 15) is 4.79 Å². The van der Waals surface area contributed by atoms with Crippen molar-refractivity contribution in [3.8, 4) is 6.07 Å². The smallest absolute Gasteiger partial charge is 0.220 e. The molecule has 2 fully saturated rings. The normalized spacial score (nSPS) is 22.5. The van der Waals surface area contributed by atoms with E-state index in [1.165, 1.54) is 37.1 Å². The zero-order valence-corrected chi connectivity index (χ0v) is 19.0. The maximum absolute atomic E-state index is 11.9. The van der Waals surface area contributed by atoms with Gasteiger partial charge in [0.2, 0.25) is 5.91 Å². The number of nitrogens with one attached hydrogen (secondary N) is 1. The maximum atomic E-state index is 11.9. The zero-order chi connectivity index (χ0) is 21.3. The van der Waals surface area contributed by atoms with E-state index >= 15 is 0 Å². The van der Waals surface area contributed by atoms with Crippen molar-refractivity contribution in [2.45, 2.75) is 64.3 Å². The molecule has 0 atom stereocenters. The van der Waals surface area contributed by atoms with Crippen LogP contribution in [-0.4, -0.2) is 49.6 Å². The van der Waals surface area contributed by atoms with E-state index in [2.05, 4.69) is 40.2 Å². The molecule has 0 bridgehead atoms. The predicted octanol–water partition coefficient (Wildman–Crippen LogP) is 4.53. The monoisotopic (exact) mass is 430 g/mol. The van der Waals surface area contributed by atoms with Gasteiger partial charge in [0.1, 0.15) is 0 Å². The Hall–Kier alpha value is -1.77. The first-order valence-corrected chi connectivity index (χ1v) is 11.8. The third kappa shape index (κ3) is 7.18. The Morgan fingerprint density at radius 1 is 1.17 bits per heavy atom. The van der Waals surface area contributed by atoms with Crippen LogP contribution in [-0.2, 0) is 4.79 Å². The first-order chi connectivity index (χ1) is 14.5. The molecular weight excluding hydrogens is 396 g/mol. The number of benzene rings is 1. The molecule has 0 unspecified atom stereocenters. The maximum Gasteiger partial charge on any atom is 0.220 e. The summed E-state index contributed by atoms with van der Waals surface area (Å²) in [5, 5.41) is 12.5. The van der Waals surface area contributed by atoms with Crippen molar-refractivity contribution >= 4 is 23.2 Å². The highest BCUT2D eigenvalue weighted by Crippen LogP contribution is 2.28. The van der Waals surface area contributed by atoms with E-state index in [0.717, 1.165) is 50.0 Å². The SMILES string of the molecule is Cc1cc(Cl)cc(N2CCN(CC[C@H]3CC[C@H](NC(=O)CCCC#N)CC3)CC2)c1. The van der Waals surface area contributed by atoms with Crippen molar-refractivity contribution in [1.82, 2.24) is 10.2 Å². The van der Waals surface area contributed by atoms with Crippen molar-refractivity contribution in [2.24, 2.45) is 5.92 Å². The molecule has 2 aliphatic rings. The summed E-state index contributed by atoms with van der Waals surface area (Å²) >= 11 is 6.23. The van der Waals surface area contributed by atoms with Crippen LogP contribution in [0.15, 0.2) is 18.2 Å². The fraction of sp³-hybridized carbons (Fsp3) is 0.667. The van der Waals surface area contributed by atoms with Gasteiger partial charge in [-0.05, 0) is 81.7 Å². The summed E-state index contributed by atoms with van der Waals surface area (Å²) in [6, 6.07) is 8.74. The van der Waals surface area contributed by atoms with Crippen molar-refractivity contribution in [2.75, 3.05) is 37.6 Å². The van der Waals surface area contributed by atoms with Gasteiger partial charge in [0, 0.05) is 55.8 Å². The molecule has 1 amide bonds. The minimum atomic E-state index is 0.112. The molecule has 1 aromatic carbocycles. The molecule has 0 spiro atoms. The number of hydrogen-bond donors (Lipinski definition) is 1. The lowest BCUT2D eigenvalue weighted by molar-refractivity contribution is -0.122. The van der Waals surface area contributed by atoms with Crippen molar-refractivity contribution < 1.29 is 4.79 Å². The number of nitriles is 1. The second-order valence-corrected chi connectivity index (χ2v) is 9.34. The van der Waals surface area contributed by atoms with Crippen LogP contribution < -0.4 is 10.2 Å². The molecule has 5 nitrogen and oxygen atoms in total. The first kappa shape index (κ1) is 22.9. The molecule has 1 N–H and O–H groups in total. The molecule has 1 aliphatic heterocycles. The topological polar surface area (TPSA) is 59.4 Å². The highest BCUT2D eigenvalue weighted by molar-refractivity contribution is 6.30. The highest BCUT2D eigenvalue weighted by atomic mass is 35.5. The standard InChI is InChI=1S/C24H35ClN4O/c1-19-16-21(25)18-23(17-19)29-14-12-28(13-15-29)11-9-20-5-7-22(8-6-20)27-24(30)4-2-3-10-26/h16-18,20,22H,2-9,11-15H2,1H3,(H,27,30)/t20-,22-. The number of anilines is 1. The van der Waals surface area contributed by atoms with E-state index < -0.39 is 0 Å². The summed E-state index contributed by atoms with van der Waals surface area (Å²) in [7, 11) is 0. The summed E-state index contributed by atoms with van der Waals surface area (Å²) in [5.74, 6) is 0.895. The lowest BCUT2D eigenvalue weighted by Gasteiger charge is -2.37. The molecule has 6 heteroatoms. The van der Waals surface area contributed by atoms with Gasteiger partial charge in [-0.1, -0.05) is 11.6 Å². The van der Waals surface area contributed by atoms with Gasteiger partial charge in [0.15, 0.2) is 0 Å². The Morgan fingerprint density at radius 3 is 2.57 bits per heavy atom. The number of rotatable bonds is 8. The summed E-state index contributed by atoms with van der Waals surface area (Å²) in [6.07, 6.45) is 7.49. The third-order valence-corrected chi connectivity index (χ3v) is 6.74. The molecule has 0 aromatic heterocycles. The first-order valence-electron chi connectivity index (χ1n) is 11.4. The van der Waals surface area contributed by atoms with E-state index in [0.29, 0.717) is 25.3 Å². The average molecular weight is 431 g/mol. The van der Waals surface area contributed by atoms with Crippen LogP contribution in [0.3, 0.4) is 0 Å². The minimum Gasteiger partial charge on any atom is -0.369 e. The van der Waals surface area contributed by atoms with Crippen LogP contribution in [0, 0.1) is 24.2 Å². The van der Waals surface area contributed by atoms with Crippen molar-refractivity contribution in [1.29, 1.82) is 5.26 Å². The minimum absolute atomic E-state index is 0.112. The van der Waals surface area contributed by atoms with E-state index in [-0.39, 0.29) is 5.91 Å². The van der Waals surface area contributed by atoms with Gasteiger partial charge in [-0.2, -0.15) is 5.26 Å². The van der Waals surface area contributed by atoms with E-state index in [1.54, 1.807) is 0 Å². The molecule has 1 aliphatic carbocycles. The van der Waals surface area contributed by atoms with Crippen LogP contribution in [0.5, 0.6) is 0 Å². The molecule has 164 valence electrons. The fourth-order valence-corrected chi connectivity index (χ4v) is 5.00. The number of aryl methyl sites for hydroxylation is 1. The quantitative estimate of drug-likeness (QED) is 0.615. The molecule has 0 radical (unpaired) electrons. The summed E-state index contributed by atoms with van der Waals surface area (Å²) in [5.41, 5.74) is 2.46. The summed E-state index contributed by atoms with van der Waals surface area (Å²) in [4.78, 5) is 17.0. The van der Waals surface area contributed by atoms with Crippen molar-refractivity contribution in [3.63, 3.8) is 0 Å². The van der Waals surface area contributed by atoms with Gasteiger partial charge >= 0.3 is 0 Å². The van der Waals surface area contributed by atoms with Gasteiger partial charge in [0.05, 0.1) is 6.07 Å². The number of unbranched alkanes of at least 4 members (excludes halogenated alkanes) is 1. The van der Waals surface area contributed by atoms with Gasteiger partial charge in [-0.15, -0.1) is 0 Å². The van der Waals surface area contributed by atoms with E-state index in [1.807, 2.05) is 6.07 Å². The summed E-state index contributed by atoms with van der Waals surface area (Å²) < 4.78 is 0. The molecular formula is C24H35ClN4O. The van der Waals surface area contributed by atoms with Crippen LogP contribution in [0.25, 0.3) is 0 Å². The Labute approximate surface area is 186 Å². The second-order valence-electron chi connectivity index (χ2n) is 8.90.